The normalized spacial score (nSPS) is 29.5. The van der Waals surface area contributed by atoms with Crippen molar-refractivity contribution in [3.63, 3.8) is 0 Å². The van der Waals surface area contributed by atoms with Crippen LogP contribution in [0.4, 0.5) is 14.6 Å². The van der Waals surface area contributed by atoms with Gasteiger partial charge in [-0.2, -0.15) is 9.97 Å². The first-order valence-electron chi connectivity index (χ1n) is 14.8. The average molecular weight is 558 g/mol. The minimum atomic E-state index is -0.867. The summed E-state index contributed by atoms with van der Waals surface area (Å²) in [5.41, 5.74) is 0.731. The van der Waals surface area contributed by atoms with E-state index in [0.717, 1.165) is 49.5 Å². The molecule has 2 aromatic heterocycles. The Balaban J connectivity index is 1.23. The van der Waals surface area contributed by atoms with E-state index < -0.39 is 12.0 Å². The Hall–Kier alpha value is -3.43. The maximum absolute atomic E-state index is 16.5. The second kappa shape index (κ2) is 9.56. The molecule has 7 nitrogen and oxygen atoms in total. The molecule has 1 saturated carbocycles. The first-order valence-corrected chi connectivity index (χ1v) is 14.8. The van der Waals surface area contributed by atoms with Crippen LogP contribution >= 0.6 is 0 Å². The van der Waals surface area contributed by atoms with Gasteiger partial charge in [-0.25, -0.2) is 8.78 Å². The summed E-state index contributed by atoms with van der Waals surface area (Å²) < 4.78 is 37.2. The minimum absolute atomic E-state index is 0.100. The number of hydrogen-bond acceptors (Lipinski definition) is 7. The lowest BCUT2D eigenvalue weighted by Crippen LogP contribution is -2.43. The summed E-state index contributed by atoms with van der Waals surface area (Å²) in [5, 5.41) is 13.0. The third-order valence-electron chi connectivity index (χ3n) is 9.91. The van der Waals surface area contributed by atoms with Gasteiger partial charge >= 0.3 is 6.01 Å². The molecular weight excluding hydrogens is 524 g/mol. The smallest absolute Gasteiger partial charge is 0.319 e. The number of nitrogens with zero attached hydrogens (tertiary/aromatic N) is 5. The van der Waals surface area contributed by atoms with Gasteiger partial charge < -0.3 is 14.7 Å². The fourth-order valence-corrected chi connectivity index (χ4v) is 8.00. The Morgan fingerprint density at radius 1 is 1.02 bits per heavy atom. The third kappa shape index (κ3) is 4.15. The van der Waals surface area contributed by atoms with Gasteiger partial charge in [-0.05, 0) is 48.9 Å². The Kier molecular flexibility index (Phi) is 5.90. The van der Waals surface area contributed by atoms with E-state index in [4.69, 9.17) is 9.72 Å². The zero-order valence-electron chi connectivity index (χ0n) is 22.8. The van der Waals surface area contributed by atoms with Crippen LogP contribution in [0.3, 0.4) is 0 Å². The number of hydrogen-bond donors (Lipinski definition) is 1. The molecule has 3 aliphatic heterocycles. The number of pyridine rings is 1. The van der Waals surface area contributed by atoms with Crippen LogP contribution in [0.15, 0.2) is 48.7 Å². The predicted molar refractivity (Wildman–Crippen MR) is 153 cm³/mol. The first-order chi connectivity index (χ1) is 20.0. The number of aliphatic hydroxyl groups is 1. The molecule has 5 heterocycles. The van der Waals surface area contributed by atoms with Crippen molar-refractivity contribution < 1.29 is 18.6 Å². The first kappa shape index (κ1) is 25.3. The highest BCUT2D eigenvalue weighted by molar-refractivity contribution is 5.99. The van der Waals surface area contributed by atoms with Crippen LogP contribution in [0.1, 0.15) is 32.1 Å². The lowest BCUT2D eigenvalue weighted by molar-refractivity contribution is 0.107. The molecule has 4 fully saturated rings. The predicted octanol–water partition coefficient (Wildman–Crippen LogP) is 5.15. The maximum atomic E-state index is 16.5. The second-order valence-corrected chi connectivity index (χ2v) is 12.5. The van der Waals surface area contributed by atoms with Crippen LogP contribution in [0.2, 0.25) is 0 Å². The summed E-state index contributed by atoms with van der Waals surface area (Å²) in [6, 6.07) is 13.8. The third-order valence-corrected chi connectivity index (χ3v) is 9.91. The van der Waals surface area contributed by atoms with E-state index >= 15 is 4.39 Å². The van der Waals surface area contributed by atoms with Crippen LogP contribution in [0, 0.1) is 17.7 Å². The van der Waals surface area contributed by atoms with Gasteiger partial charge in [0.2, 0.25) is 0 Å². The molecule has 5 atom stereocenters. The summed E-state index contributed by atoms with van der Waals surface area (Å²) in [6.45, 7) is 2.93. The minimum Gasteiger partial charge on any atom is -0.461 e. The molecule has 1 aliphatic carbocycles. The Bertz CT molecular complexity index is 1640. The van der Waals surface area contributed by atoms with Crippen LogP contribution in [0.5, 0.6) is 6.01 Å². The number of aliphatic hydroxyl groups excluding tert-OH is 1. The standard InChI is InChI=1S/C32H33F2N5O2/c33-22-13-32(9-4-10-39(32)17-22)18-41-31-36-29-25(30(37-31)38-15-19-11-21(16-38)26(40)12-19)14-35-28(27(29)34)24-8-3-6-20-5-1-2-7-23(20)24/h1-3,5-8,14,19,21-22,26,40H,4,9-13,15-18H2/t19-,21-,22-,26-,32+/m1/s1. The number of anilines is 1. The van der Waals surface area contributed by atoms with Crippen LogP contribution < -0.4 is 9.64 Å². The van der Waals surface area contributed by atoms with Crippen molar-refractivity contribution >= 4 is 27.5 Å². The fraction of sp³-hybridized carbons (Fsp3) is 0.469. The van der Waals surface area contributed by atoms with Crippen LogP contribution in [-0.4, -0.2) is 75.6 Å². The number of piperidine rings is 1. The highest BCUT2D eigenvalue weighted by Crippen LogP contribution is 2.43. The van der Waals surface area contributed by atoms with Gasteiger partial charge in [0, 0.05) is 43.7 Å². The lowest BCUT2D eigenvalue weighted by Gasteiger charge is -2.34. The molecule has 3 saturated heterocycles. The maximum Gasteiger partial charge on any atom is 0.319 e. The molecular formula is C32H33F2N5O2. The lowest BCUT2D eigenvalue weighted by atomic mass is 9.95. The molecule has 0 amide bonds. The van der Waals surface area contributed by atoms with Crippen molar-refractivity contribution in [3.05, 3.63) is 54.5 Å². The van der Waals surface area contributed by atoms with E-state index in [1.54, 1.807) is 6.20 Å². The monoisotopic (exact) mass is 557 g/mol. The number of halogens is 2. The molecule has 0 unspecified atom stereocenters. The van der Waals surface area contributed by atoms with Crippen molar-refractivity contribution in [2.24, 2.45) is 11.8 Å². The number of ether oxygens (including phenoxy) is 1. The molecule has 9 heteroatoms. The number of rotatable bonds is 5. The zero-order valence-corrected chi connectivity index (χ0v) is 22.8. The summed E-state index contributed by atoms with van der Waals surface area (Å²) in [6.07, 6.45) is 4.55. The summed E-state index contributed by atoms with van der Waals surface area (Å²) in [4.78, 5) is 18.4. The molecule has 0 radical (unpaired) electrons. The number of aromatic nitrogens is 3. The van der Waals surface area contributed by atoms with Gasteiger partial charge in [-0.1, -0.05) is 42.5 Å². The van der Waals surface area contributed by atoms with Gasteiger partial charge in [-0.3, -0.25) is 9.88 Å². The summed E-state index contributed by atoms with van der Waals surface area (Å²) in [7, 11) is 0. The van der Waals surface area contributed by atoms with Crippen molar-refractivity contribution in [2.45, 2.75) is 49.9 Å². The van der Waals surface area contributed by atoms with E-state index in [0.29, 0.717) is 42.2 Å². The number of fused-ring (bicyclic) bond motifs is 5. The van der Waals surface area contributed by atoms with Crippen molar-refractivity contribution in [3.8, 4) is 17.3 Å². The van der Waals surface area contributed by atoms with Crippen LogP contribution in [0.25, 0.3) is 32.9 Å². The molecule has 2 aromatic carbocycles. The molecule has 212 valence electrons. The Labute approximate surface area is 237 Å². The van der Waals surface area contributed by atoms with E-state index in [2.05, 4.69) is 19.8 Å². The van der Waals surface area contributed by atoms with E-state index in [9.17, 15) is 9.50 Å². The Morgan fingerprint density at radius 2 is 1.90 bits per heavy atom. The quantitative estimate of drug-likeness (QED) is 0.364. The molecule has 8 rings (SSSR count). The van der Waals surface area contributed by atoms with Gasteiger partial charge in [0.05, 0.1) is 17.0 Å². The van der Waals surface area contributed by atoms with E-state index in [-0.39, 0.29) is 41.4 Å². The van der Waals surface area contributed by atoms with Crippen LogP contribution in [-0.2, 0) is 0 Å². The van der Waals surface area contributed by atoms with Gasteiger partial charge in [0.1, 0.15) is 29.8 Å². The highest BCUT2D eigenvalue weighted by atomic mass is 19.1. The molecule has 41 heavy (non-hydrogen) atoms. The second-order valence-electron chi connectivity index (χ2n) is 12.5. The zero-order chi connectivity index (χ0) is 27.7. The van der Waals surface area contributed by atoms with E-state index in [1.165, 1.54) is 0 Å². The van der Waals surface area contributed by atoms with Crippen molar-refractivity contribution in [1.82, 2.24) is 19.9 Å². The van der Waals surface area contributed by atoms with Gasteiger partial charge in [0.25, 0.3) is 0 Å². The van der Waals surface area contributed by atoms with Crippen molar-refractivity contribution in [1.29, 1.82) is 0 Å². The van der Waals surface area contributed by atoms with Crippen molar-refractivity contribution in [2.75, 3.05) is 37.7 Å². The summed E-state index contributed by atoms with van der Waals surface area (Å²) in [5.74, 6) is 0.580. The number of benzene rings is 2. The van der Waals surface area contributed by atoms with E-state index in [1.807, 2.05) is 42.5 Å². The average Bonchev–Trinajstić information content (AvgIpc) is 3.59. The largest absolute Gasteiger partial charge is 0.461 e. The SMILES string of the molecule is O[C@@H]1C[C@H]2C[C@@H]1CN(c1nc(OC[C@@]34CCCN3C[C@H](F)C4)nc3c(F)c(-c4cccc5ccccc45)ncc13)C2. The molecule has 0 spiro atoms. The Morgan fingerprint density at radius 3 is 2.80 bits per heavy atom. The highest BCUT2D eigenvalue weighted by Gasteiger charge is 2.49. The van der Waals surface area contributed by atoms with Gasteiger partial charge in [0.15, 0.2) is 5.82 Å². The molecule has 4 aliphatic rings. The molecule has 1 N–H and O–H groups in total. The fourth-order valence-electron chi connectivity index (χ4n) is 8.00. The number of alkyl halides is 1. The summed E-state index contributed by atoms with van der Waals surface area (Å²) >= 11 is 0. The molecule has 2 bridgehead atoms. The van der Waals surface area contributed by atoms with Gasteiger partial charge in [-0.15, -0.1) is 0 Å². The molecule has 4 aromatic rings. The topological polar surface area (TPSA) is 74.6 Å².